The van der Waals surface area contributed by atoms with Gasteiger partial charge in [-0.25, -0.2) is 4.98 Å². The van der Waals surface area contributed by atoms with Crippen LogP contribution < -0.4 is 10.5 Å². The van der Waals surface area contributed by atoms with E-state index >= 15 is 0 Å². The zero-order valence-corrected chi connectivity index (χ0v) is 7.62. The van der Waals surface area contributed by atoms with Gasteiger partial charge in [-0.1, -0.05) is 11.6 Å². The number of nitrogens with zero attached hydrogens (tertiary/aromatic N) is 1. The SMILES string of the molecule is Nc1cnc(OC2COC2)c(Cl)c1. The summed E-state index contributed by atoms with van der Waals surface area (Å²) in [5, 5.41) is 0.437. The standard InChI is InChI=1S/C8H9ClN2O2/c9-7-1-5(10)2-11-8(7)13-6-3-12-4-6/h1-2,6H,3-4,10H2. The van der Waals surface area contributed by atoms with Crippen molar-refractivity contribution in [3.63, 3.8) is 0 Å². The van der Waals surface area contributed by atoms with Crippen molar-refractivity contribution >= 4 is 17.3 Å². The number of nitrogens with two attached hydrogens (primary N) is 1. The first kappa shape index (κ1) is 8.59. The molecule has 13 heavy (non-hydrogen) atoms. The van der Waals surface area contributed by atoms with Gasteiger partial charge in [-0.05, 0) is 6.07 Å². The molecule has 1 aliphatic heterocycles. The maximum absolute atomic E-state index is 5.85. The fourth-order valence-corrected chi connectivity index (χ4v) is 1.19. The Balaban J connectivity index is 2.10. The fourth-order valence-electron chi connectivity index (χ4n) is 0.967. The molecule has 2 N–H and O–H groups in total. The molecule has 1 fully saturated rings. The predicted molar refractivity (Wildman–Crippen MR) is 48.9 cm³/mol. The average Bonchev–Trinajstić information content (AvgIpc) is 1.99. The van der Waals surface area contributed by atoms with E-state index in [9.17, 15) is 0 Å². The van der Waals surface area contributed by atoms with E-state index in [0.717, 1.165) is 0 Å². The molecule has 2 heterocycles. The summed E-state index contributed by atoms with van der Waals surface area (Å²) < 4.78 is 10.4. The highest BCUT2D eigenvalue weighted by Crippen LogP contribution is 2.25. The van der Waals surface area contributed by atoms with Gasteiger partial charge in [0.25, 0.3) is 0 Å². The molecule has 0 aliphatic carbocycles. The highest BCUT2D eigenvalue weighted by atomic mass is 35.5. The van der Waals surface area contributed by atoms with Crippen LogP contribution in [-0.2, 0) is 4.74 Å². The topological polar surface area (TPSA) is 57.4 Å². The number of hydrogen-bond donors (Lipinski definition) is 1. The van der Waals surface area contributed by atoms with Crippen molar-refractivity contribution in [3.8, 4) is 5.88 Å². The molecule has 0 radical (unpaired) electrons. The number of anilines is 1. The van der Waals surface area contributed by atoms with E-state index in [1.807, 2.05) is 0 Å². The van der Waals surface area contributed by atoms with Gasteiger partial charge >= 0.3 is 0 Å². The number of rotatable bonds is 2. The van der Waals surface area contributed by atoms with Gasteiger partial charge in [0.05, 0.1) is 25.1 Å². The lowest BCUT2D eigenvalue weighted by molar-refractivity contribution is -0.0812. The maximum Gasteiger partial charge on any atom is 0.233 e. The van der Waals surface area contributed by atoms with E-state index < -0.39 is 0 Å². The minimum absolute atomic E-state index is 0.0774. The normalized spacial score (nSPS) is 16.7. The molecular formula is C8H9ClN2O2. The third kappa shape index (κ3) is 1.84. The Labute approximate surface area is 80.6 Å². The van der Waals surface area contributed by atoms with Gasteiger partial charge in [-0.3, -0.25) is 0 Å². The second kappa shape index (κ2) is 3.40. The molecule has 0 unspecified atom stereocenters. The number of ether oxygens (including phenoxy) is 2. The lowest BCUT2D eigenvalue weighted by Gasteiger charge is -2.26. The predicted octanol–water partition coefficient (Wildman–Crippen LogP) is 1.09. The number of hydrogen-bond acceptors (Lipinski definition) is 4. The van der Waals surface area contributed by atoms with Crippen LogP contribution in [0.3, 0.4) is 0 Å². The van der Waals surface area contributed by atoms with E-state index in [1.165, 1.54) is 6.20 Å². The number of aromatic nitrogens is 1. The van der Waals surface area contributed by atoms with Crippen molar-refractivity contribution in [2.75, 3.05) is 18.9 Å². The van der Waals surface area contributed by atoms with Crippen LogP contribution in [0.4, 0.5) is 5.69 Å². The molecule has 1 saturated heterocycles. The summed E-state index contributed by atoms with van der Waals surface area (Å²) in [5.74, 6) is 0.421. The molecule has 2 rings (SSSR count). The highest BCUT2D eigenvalue weighted by molar-refractivity contribution is 6.32. The van der Waals surface area contributed by atoms with Crippen molar-refractivity contribution in [1.82, 2.24) is 4.98 Å². The summed E-state index contributed by atoms with van der Waals surface area (Å²) in [5.41, 5.74) is 6.01. The molecule has 0 aromatic carbocycles. The first-order chi connectivity index (χ1) is 6.25. The molecule has 0 spiro atoms. The van der Waals surface area contributed by atoms with Crippen molar-refractivity contribution in [2.45, 2.75) is 6.10 Å². The molecule has 1 aromatic heterocycles. The molecule has 1 aromatic rings. The fraction of sp³-hybridized carbons (Fsp3) is 0.375. The molecule has 5 heteroatoms. The van der Waals surface area contributed by atoms with Crippen molar-refractivity contribution in [3.05, 3.63) is 17.3 Å². The Bertz CT molecular complexity index is 315. The zero-order chi connectivity index (χ0) is 9.26. The van der Waals surface area contributed by atoms with Gasteiger partial charge in [0.2, 0.25) is 5.88 Å². The summed E-state index contributed by atoms with van der Waals surface area (Å²) in [4.78, 5) is 3.96. The van der Waals surface area contributed by atoms with E-state index in [1.54, 1.807) is 6.07 Å². The van der Waals surface area contributed by atoms with Crippen LogP contribution in [0.1, 0.15) is 0 Å². The second-order valence-corrected chi connectivity index (χ2v) is 3.24. The molecule has 0 saturated carbocycles. The second-order valence-electron chi connectivity index (χ2n) is 2.83. The van der Waals surface area contributed by atoms with Gasteiger partial charge in [-0.15, -0.1) is 0 Å². The maximum atomic E-state index is 5.85. The van der Waals surface area contributed by atoms with Crippen LogP contribution in [0.2, 0.25) is 5.02 Å². The Morgan fingerprint density at radius 2 is 2.38 bits per heavy atom. The van der Waals surface area contributed by atoms with Crippen molar-refractivity contribution < 1.29 is 9.47 Å². The minimum Gasteiger partial charge on any atom is -0.468 e. The lowest BCUT2D eigenvalue weighted by atomic mass is 10.3. The summed E-state index contributed by atoms with van der Waals surface area (Å²) in [6.45, 7) is 1.20. The molecule has 0 atom stereocenters. The first-order valence-electron chi connectivity index (χ1n) is 3.91. The average molecular weight is 201 g/mol. The van der Waals surface area contributed by atoms with E-state index in [4.69, 9.17) is 26.8 Å². The van der Waals surface area contributed by atoms with Gasteiger partial charge in [0, 0.05) is 0 Å². The molecule has 0 amide bonds. The zero-order valence-electron chi connectivity index (χ0n) is 6.87. The molecule has 70 valence electrons. The summed E-state index contributed by atoms with van der Waals surface area (Å²) in [6.07, 6.45) is 1.59. The Morgan fingerprint density at radius 3 is 2.92 bits per heavy atom. The van der Waals surface area contributed by atoms with E-state index in [2.05, 4.69) is 4.98 Å². The van der Waals surface area contributed by atoms with Gasteiger partial charge in [0.15, 0.2) is 0 Å². The molecule has 0 bridgehead atoms. The molecular weight excluding hydrogens is 192 g/mol. The van der Waals surface area contributed by atoms with Gasteiger partial charge in [-0.2, -0.15) is 0 Å². The molecule has 1 aliphatic rings. The van der Waals surface area contributed by atoms with Gasteiger partial charge < -0.3 is 15.2 Å². The van der Waals surface area contributed by atoms with Crippen LogP contribution in [0, 0.1) is 0 Å². The van der Waals surface area contributed by atoms with Crippen LogP contribution >= 0.6 is 11.6 Å². The van der Waals surface area contributed by atoms with Crippen molar-refractivity contribution in [1.29, 1.82) is 0 Å². The Morgan fingerprint density at radius 1 is 1.62 bits per heavy atom. The largest absolute Gasteiger partial charge is 0.468 e. The third-order valence-electron chi connectivity index (χ3n) is 1.71. The summed E-state index contributed by atoms with van der Waals surface area (Å²) in [6, 6.07) is 1.61. The number of pyridine rings is 1. The number of nitrogen functional groups attached to an aromatic ring is 1. The van der Waals surface area contributed by atoms with Crippen molar-refractivity contribution in [2.24, 2.45) is 0 Å². The minimum atomic E-state index is 0.0774. The molecule has 4 nitrogen and oxygen atoms in total. The van der Waals surface area contributed by atoms with Crippen LogP contribution in [0.15, 0.2) is 12.3 Å². The third-order valence-corrected chi connectivity index (χ3v) is 1.99. The summed E-state index contributed by atoms with van der Waals surface area (Å²) in [7, 11) is 0. The highest BCUT2D eigenvalue weighted by Gasteiger charge is 2.21. The van der Waals surface area contributed by atoms with E-state index in [0.29, 0.717) is 29.8 Å². The number of halogens is 1. The van der Waals surface area contributed by atoms with E-state index in [-0.39, 0.29) is 6.10 Å². The van der Waals surface area contributed by atoms with Crippen LogP contribution in [0.25, 0.3) is 0 Å². The Hall–Kier alpha value is -1.00. The summed E-state index contributed by atoms with van der Waals surface area (Å²) >= 11 is 5.85. The monoisotopic (exact) mass is 200 g/mol. The quantitative estimate of drug-likeness (QED) is 0.777. The van der Waals surface area contributed by atoms with Gasteiger partial charge in [0.1, 0.15) is 11.1 Å². The Kier molecular flexibility index (Phi) is 2.24. The van der Waals surface area contributed by atoms with Crippen LogP contribution in [-0.4, -0.2) is 24.3 Å². The van der Waals surface area contributed by atoms with Crippen LogP contribution in [0.5, 0.6) is 5.88 Å². The lowest BCUT2D eigenvalue weighted by Crippen LogP contribution is -2.38. The first-order valence-corrected chi connectivity index (χ1v) is 4.29. The smallest absolute Gasteiger partial charge is 0.233 e.